The maximum absolute atomic E-state index is 5.73. The summed E-state index contributed by atoms with van der Waals surface area (Å²) in [5.74, 6) is 0. The Morgan fingerprint density at radius 2 is 1.85 bits per heavy atom. The molecule has 1 atom stereocenters. The Morgan fingerprint density at radius 1 is 1.05 bits per heavy atom. The predicted molar refractivity (Wildman–Crippen MR) is 81.6 cm³/mol. The summed E-state index contributed by atoms with van der Waals surface area (Å²) in [6, 6.07) is 8.70. The number of benzene rings is 1. The molecule has 2 aliphatic rings. The first-order valence-corrected chi connectivity index (χ1v) is 7.70. The summed E-state index contributed by atoms with van der Waals surface area (Å²) in [6.07, 6.45) is 4.06. The number of rotatable bonds is 4. The molecule has 1 N–H and O–H groups in total. The van der Waals surface area contributed by atoms with Gasteiger partial charge in [-0.25, -0.2) is 0 Å². The molecule has 2 heterocycles. The van der Waals surface area contributed by atoms with Gasteiger partial charge in [0.05, 0.1) is 19.3 Å². The van der Waals surface area contributed by atoms with Gasteiger partial charge in [-0.05, 0) is 43.5 Å². The molecular weight excluding hydrogens is 252 g/mol. The zero-order chi connectivity index (χ0) is 13.6. The molecule has 0 spiro atoms. The number of nitrogens with one attached hydrogen (secondary N) is 1. The van der Waals surface area contributed by atoms with Gasteiger partial charge < -0.3 is 19.7 Å². The molecule has 2 fully saturated rings. The first kappa shape index (κ1) is 13.7. The smallest absolute Gasteiger partial charge is 0.0747 e. The molecule has 3 rings (SSSR count). The fourth-order valence-electron chi connectivity index (χ4n) is 2.81. The van der Waals surface area contributed by atoms with Crippen molar-refractivity contribution in [2.24, 2.45) is 0 Å². The number of nitrogens with zero attached hydrogens (tertiary/aromatic N) is 1. The van der Waals surface area contributed by atoms with Gasteiger partial charge in [0.1, 0.15) is 0 Å². The summed E-state index contributed by atoms with van der Waals surface area (Å²) in [7, 11) is 0. The highest BCUT2D eigenvalue weighted by molar-refractivity contribution is 5.55. The van der Waals surface area contributed by atoms with Gasteiger partial charge in [-0.3, -0.25) is 0 Å². The van der Waals surface area contributed by atoms with Crippen LogP contribution in [0.5, 0.6) is 0 Å². The van der Waals surface area contributed by atoms with Crippen LogP contribution in [0.1, 0.15) is 19.3 Å². The summed E-state index contributed by atoms with van der Waals surface area (Å²) >= 11 is 0. The first-order valence-electron chi connectivity index (χ1n) is 7.70. The van der Waals surface area contributed by atoms with Crippen molar-refractivity contribution in [2.75, 3.05) is 49.7 Å². The summed E-state index contributed by atoms with van der Waals surface area (Å²) in [5.41, 5.74) is 2.46. The van der Waals surface area contributed by atoms with Crippen molar-refractivity contribution in [3.63, 3.8) is 0 Å². The van der Waals surface area contributed by atoms with Crippen LogP contribution in [0, 0.1) is 0 Å². The maximum Gasteiger partial charge on any atom is 0.0747 e. The van der Waals surface area contributed by atoms with Crippen LogP contribution < -0.4 is 10.2 Å². The van der Waals surface area contributed by atoms with E-state index >= 15 is 0 Å². The van der Waals surface area contributed by atoms with Gasteiger partial charge in [-0.1, -0.05) is 0 Å². The lowest BCUT2D eigenvalue weighted by molar-refractivity contribution is 0.0247. The van der Waals surface area contributed by atoms with Crippen LogP contribution in [0.2, 0.25) is 0 Å². The highest BCUT2D eigenvalue weighted by atomic mass is 16.5. The van der Waals surface area contributed by atoms with E-state index in [2.05, 4.69) is 34.5 Å². The van der Waals surface area contributed by atoms with E-state index in [9.17, 15) is 0 Å². The molecule has 2 aliphatic heterocycles. The third-order valence-electron chi connectivity index (χ3n) is 4.05. The van der Waals surface area contributed by atoms with E-state index in [0.717, 1.165) is 39.5 Å². The summed E-state index contributed by atoms with van der Waals surface area (Å²) < 4.78 is 11.1. The van der Waals surface area contributed by atoms with Crippen LogP contribution >= 0.6 is 0 Å². The summed E-state index contributed by atoms with van der Waals surface area (Å²) in [4.78, 5) is 2.37. The Morgan fingerprint density at radius 3 is 2.55 bits per heavy atom. The lowest BCUT2D eigenvalue weighted by Crippen LogP contribution is -2.36. The van der Waals surface area contributed by atoms with Crippen LogP contribution in [0.4, 0.5) is 11.4 Å². The molecule has 4 heteroatoms. The van der Waals surface area contributed by atoms with Crippen molar-refractivity contribution in [1.29, 1.82) is 0 Å². The maximum atomic E-state index is 5.73. The minimum absolute atomic E-state index is 0.377. The van der Waals surface area contributed by atoms with Crippen molar-refractivity contribution in [2.45, 2.75) is 25.4 Å². The average Bonchev–Trinajstić information content (AvgIpc) is 2.55. The second-order valence-electron chi connectivity index (χ2n) is 5.52. The predicted octanol–water partition coefficient (Wildman–Crippen LogP) is 2.50. The minimum Gasteiger partial charge on any atom is -0.382 e. The Balaban J connectivity index is 1.50. The molecule has 0 bridgehead atoms. The second kappa shape index (κ2) is 6.95. The van der Waals surface area contributed by atoms with Gasteiger partial charge in [0, 0.05) is 37.6 Å². The molecule has 4 nitrogen and oxygen atoms in total. The van der Waals surface area contributed by atoms with Crippen molar-refractivity contribution >= 4 is 11.4 Å². The monoisotopic (exact) mass is 276 g/mol. The van der Waals surface area contributed by atoms with E-state index < -0.39 is 0 Å². The van der Waals surface area contributed by atoms with E-state index in [1.807, 2.05) is 0 Å². The van der Waals surface area contributed by atoms with E-state index in [1.165, 1.54) is 30.6 Å². The third-order valence-corrected chi connectivity index (χ3v) is 4.05. The molecule has 0 aliphatic carbocycles. The first-order chi connectivity index (χ1) is 9.92. The SMILES string of the molecule is c1cc(N2CCOCC2)ccc1NCC1CCCCO1. The minimum atomic E-state index is 0.377. The number of anilines is 2. The van der Waals surface area contributed by atoms with E-state index in [-0.39, 0.29) is 0 Å². The summed E-state index contributed by atoms with van der Waals surface area (Å²) in [6.45, 7) is 5.47. The molecule has 0 radical (unpaired) electrons. The molecule has 0 amide bonds. The van der Waals surface area contributed by atoms with Crippen LogP contribution in [-0.2, 0) is 9.47 Å². The van der Waals surface area contributed by atoms with E-state index in [0.29, 0.717) is 6.10 Å². The van der Waals surface area contributed by atoms with Gasteiger partial charge in [0.2, 0.25) is 0 Å². The van der Waals surface area contributed by atoms with Crippen LogP contribution in [0.15, 0.2) is 24.3 Å². The van der Waals surface area contributed by atoms with Crippen LogP contribution in [-0.4, -0.2) is 45.6 Å². The van der Waals surface area contributed by atoms with Crippen molar-refractivity contribution in [1.82, 2.24) is 0 Å². The lowest BCUT2D eigenvalue weighted by atomic mass is 10.1. The van der Waals surface area contributed by atoms with Gasteiger partial charge in [0.25, 0.3) is 0 Å². The standard InChI is InChI=1S/C16H24N2O2/c1-2-10-20-16(3-1)13-17-14-4-6-15(7-5-14)18-8-11-19-12-9-18/h4-7,16-17H,1-3,8-13H2. The lowest BCUT2D eigenvalue weighted by Gasteiger charge is -2.29. The Kier molecular flexibility index (Phi) is 4.77. The largest absolute Gasteiger partial charge is 0.382 e. The zero-order valence-electron chi connectivity index (χ0n) is 12.0. The molecule has 110 valence electrons. The highest BCUT2D eigenvalue weighted by Gasteiger charge is 2.14. The van der Waals surface area contributed by atoms with E-state index in [1.54, 1.807) is 0 Å². The molecule has 1 unspecified atom stereocenters. The molecule has 1 aromatic rings. The summed E-state index contributed by atoms with van der Waals surface area (Å²) in [5, 5.41) is 3.48. The number of ether oxygens (including phenoxy) is 2. The fraction of sp³-hybridized carbons (Fsp3) is 0.625. The third kappa shape index (κ3) is 3.64. The van der Waals surface area contributed by atoms with Crippen molar-refractivity contribution in [3.8, 4) is 0 Å². The molecule has 2 saturated heterocycles. The molecule has 1 aromatic carbocycles. The quantitative estimate of drug-likeness (QED) is 0.916. The Bertz CT molecular complexity index is 395. The number of morpholine rings is 1. The van der Waals surface area contributed by atoms with Crippen LogP contribution in [0.25, 0.3) is 0 Å². The fourth-order valence-corrected chi connectivity index (χ4v) is 2.81. The van der Waals surface area contributed by atoms with Crippen molar-refractivity contribution < 1.29 is 9.47 Å². The second-order valence-corrected chi connectivity index (χ2v) is 5.52. The van der Waals surface area contributed by atoms with Crippen molar-refractivity contribution in [3.05, 3.63) is 24.3 Å². The number of hydrogen-bond donors (Lipinski definition) is 1. The highest BCUT2D eigenvalue weighted by Crippen LogP contribution is 2.20. The molecular formula is C16H24N2O2. The number of hydrogen-bond acceptors (Lipinski definition) is 4. The van der Waals surface area contributed by atoms with Gasteiger partial charge >= 0.3 is 0 Å². The topological polar surface area (TPSA) is 33.7 Å². The van der Waals surface area contributed by atoms with Gasteiger partial charge in [-0.15, -0.1) is 0 Å². The van der Waals surface area contributed by atoms with Gasteiger partial charge in [-0.2, -0.15) is 0 Å². The molecule has 20 heavy (non-hydrogen) atoms. The van der Waals surface area contributed by atoms with E-state index in [4.69, 9.17) is 9.47 Å². The zero-order valence-corrected chi connectivity index (χ0v) is 12.0. The van der Waals surface area contributed by atoms with Gasteiger partial charge in [0.15, 0.2) is 0 Å². The average molecular weight is 276 g/mol. The Hall–Kier alpha value is -1.26. The molecule has 0 aromatic heterocycles. The Labute approximate surface area is 121 Å². The normalized spacial score (nSPS) is 23.6. The van der Waals surface area contributed by atoms with Crippen LogP contribution in [0.3, 0.4) is 0 Å². The molecule has 0 saturated carbocycles.